The molecule has 3 nitrogen and oxygen atoms in total. The summed E-state index contributed by atoms with van der Waals surface area (Å²) in [7, 11) is 0. The third-order valence-electron chi connectivity index (χ3n) is 4.45. The topological polar surface area (TPSA) is 49.3 Å². The first-order chi connectivity index (χ1) is 10.5. The molecule has 2 N–H and O–H groups in total. The maximum atomic E-state index is 12.4. The molecule has 1 amide bonds. The van der Waals surface area contributed by atoms with Gasteiger partial charge in [-0.05, 0) is 61.5 Å². The van der Waals surface area contributed by atoms with Crippen molar-refractivity contribution in [3.05, 3.63) is 21.4 Å². The molecule has 0 unspecified atom stereocenters. The van der Waals surface area contributed by atoms with Crippen molar-refractivity contribution in [2.45, 2.75) is 52.9 Å². The molecule has 4 heteroatoms. The van der Waals surface area contributed by atoms with Crippen LogP contribution in [0.3, 0.4) is 0 Å². The van der Waals surface area contributed by atoms with E-state index >= 15 is 0 Å². The van der Waals surface area contributed by atoms with E-state index in [1.807, 2.05) is 0 Å². The molecule has 0 radical (unpaired) electrons. The Hall–Kier alpha value is -0.870. The molecule has 22 heavy (non-hydrogen) atoms. The van der Waals surface area contributed by atoms with Gasteiger partial charge in [-0.25, -0.2) is 0 Å². The van der Waals surface area contributed by atoms with E-state index in [1.54, 1.807) is 11.3 Å². The van der Waals surface area contributed by atoms with Crippen molar-refractivity contribution in [2.24, 2.45) is 17.8 Å². The number of carbonyl (C=O) groups excluding carboxylic acids is 1. The molecule has 1 aromatic heterocycles. The van der Waals surface area contributed by atoms with E-state index in [9.17, 15) is 4.79 Å². The van der Waals surface area contributed by atoms with Crippen LogP contribution < -0.4 is 5.32 Å². The van der Waals surface area contributed by atoms with Crippen LogP contribution in [0.15, 0.2) is 6.07 Å². The average molecular weight is 324 g/mol. The highest BCUT2D eigenvalue weighted by atomic mass is 32.1. The molecule has 1 aliphatic rings. The fraction of sp³-hybridized carbons (Fsp3) is 0.722. The van der Waals surface area contributed by atoms with Gasteiger partial charge in [0.15, 0.2) is 0 Å². The van der Waals surface area contributed by atoms with Crippen molar-refractivity contribution in [2.75, 3.05) is 13.2 Å². The number of hydrogen-bond acceptors (Lipinski definition) is 3. The number of aliphatic hydroxyl groups excluding tert-OH is 1. The van der Waals surface area contributed by atoms with E-state index in [0.717, 1.165) is 36.5 Å². The van der Waals surface area contributed by atoms with E-state index in [2.05, 4.69) is 32.2 Å². The molecule has 0 spiro atoms. The van der Waals surface area contributed by atoms with Crippen molar-refractivity contribution in [3.8, 4) is 0 Å². The van der Waals surface area contributed by atoms with E-state index in [4.69, 9.17) is 5.11 Å². The zero-order valence-corrected chi connectivity index (χ0v) is 14.8. The summed E-state index contributed by atoms with van der Waals surface area (Å²) < 4.78 is 0. The quantitative estimate of drug-likeness (QED) is 0.805. The van der Waals surface area contributed by atoms with Gasteiger partial charge in [-0.1, -0.05) is 20.8 Å². The monoisotopic (exact) mass is 323 g/mol. The fourth-order valence-corrected chi connectivity index (χ4v) is 4.42. The average Bonchev–Trinajstić information content (AvgIpc) is 2.87. The lowest BCUT2D eigenvalue weighted by atomic mass is 9.90. The molecule has 1 aromatic rings. The first-order valence-electron chi connectivity index (χ1n) is 8.50. The highest BCUT2D eigenvalue weighted by Crippen LogP contribution is 2.32. The third kappa shape index (κ3) is 4.82. The van der Waals surface area contributed by atoms with Gasteiger partial charge in [-0.2, -0.15) is 0 Å². The predicted molar refractivity (Wildman–Crippen MR) is 92.5 cm³/mol. The van der Waals surface area contributed by atoms with Gasteiger partial charge < -0.3 is 10.4 Å². The normalized spacial score (nSPS) is 19.0. The summed E-state index contributed by atoms with van der Waals surface area (Å²) in [4.78, 5) is 14.6. The van der Waals surface area contributed by atoms with Crippen molar-refractivity contribution in [1.29, 1.82) is 0 Å². The lowest BCUT2D eigenvalue weighted by Crippen LogP contribution is -2.30. The highest BCUT2D eigenvalue weighted by molar-refractivity contribution is 7.14. The Bertz CT molecular complexity index is 495. The smallest absolute Gasteiger partial charge is 0.261 e. The van der Waals surface area contributed by atoms with Crippen LogP contribution in [0.5, 0.6) is 0 Å². The van der Waals surface area contributed by atoms with Gasteiger partial charge in [0.25, 0.3) is 5.91 Å². The van der Waals surface area contributed by atoms with Gasteiger partial charge in [0.05, 0.1) is 4.88 Å². The number of aryl methyl sites for hydroxylation is 1. The Kier molecular flexibility index (Phi) is 6.45. The first kappa shape index (κ1) is 17.5. The lowest BCUT2D eigenvalue weighted by molar-refractivity contribution is 0.0945. The van der Waals surface area contributed by atoms with Gasteiger partial charge in [-0.3, -0.25) is 4.79 Å². The summed E-state index contributed by atoms with van der Waals surface area (Å²) in [5.74, 6) is 1.74. The number of fused-ring (bicyclic) bond motifs is 1. The predicted octanol–water partition coefficient (Wildman–Crippen LogP) is 3.65. The van der Waals surface area contributed by atoms with Crippen LogP contribution in [0, 0.1) is 17.8 Å². The number of hydrogen-bond donors (Lipinski definition) is 2. The summed E-state index contributed by atoms with van der Waals surface area (Å²) in [6.07, 6.45) is 5.27. The zero-order valence-electron chi connectivity index (χ0n) is 14.0. The van der Waals surface area contributed by atoms with Crippen LogP contribution in [-0.2, 0) is 12.8 Å². The van der Waals surface area contributed by atoms with Crippen LogP contribution in [0.2, 0.25) is 0 Å². The largest absolute Gasteiger partial charge is 0.396 e. The molecule has 0 aromatic carbocycles. The van der Waals surface area contributed by atoms with Crippen LogP contribution >= 0.6 is 11.3 Å². The highest BCUT2D eigenvalue weighted by Gasteiger charge is 2.21. The number of thiophene rings is 1. The van der Waals surface area contributed by atoms with E-state index in [0.29, 0.717) is 18.4 Å². The standard InChI is InChI=1S/C18H29NO2S/c1-12(2)8-14(6-7-20)11-19-18(21)17-10-15-9-13(3)4-5-16(15)22-17/h10,12-14,20H,4-9,11H2,1-3H3,(H,19,21)/t13-,14+/m0/s1. The number of carbonyl (C=O) groups is 1. The number of aliphatic hydroxyl groups is 1. The van der Waals surface area contributed by atoms with Gasteiger partial charge >= 0.3 is 0 Å². The van der Waals surface area contributed by atoms with Crippen molar-refractivity contribution < 1.29 is 9.90 Å². The summed E-state index contributed by atoms with van der Waals surface area (Å²) in [6, 6.07) is 2.09. The maximum absolute atomic E-state index is 12.4. The molecule has 0 fully saturated rings. The number of amides is 1. The molecule has 0 bridgehead atoms. The molecular weight excluding hydrogens is 294 g/mol. The molecule has 1 heterocycles. The second kappa shape index (κ2) is 8.11. The van der Waals surface area contributed by atoms with Crippen molar-refractivity contribution >= 4 is 17.2 Å². The van der Waals surface area contributed by atoms with Crippen molar-refractivity contribution in [3.63, 3.8) is 0 Å². The SMILES string of the molecule is CC(C)C[C@@H](CCO)CNC(=O)c1cc2c(s1)CC[C@H](C)C2. The fourth-order valence-electron chi connectivity index (χ4n) is 3.29. The Morgan fingerprint density at radius 2 is 2.27 bits per heavy atom. The number of rotatable bonds is 7. The minimum atomic E-state index is 0.0544. The molecule has 0 saturated heterocycles. The minimum absolute atomic E-state index is 0.0544. The summed E-state index contributed by atoms with van der Waals surface area (Å²) >= 11 is 1.66. The summed E-state index contributed by atoms with van der Waals surface area (Å²) in [5.41, 5.74) is 1.38. The second-order valence-corrected chi connectivity index (χ2v) is 8.26. The summed E-state index contributed by atoms with van der Waals surface area (Å²) in [6.45, 7) is 7.50. The van der Waals surface area contributed by atoms with Gasteiger partial charge in [0, 0.05) is 18.0 Å². The molecular formula is C18H29NO2S. The first-order valence-corrected chi connectivity index (χ1v) is 9.31. The second-order valence-electron chi connectivity index (χ2n) is 7.12. The van der Waals surface area contributed by atoms with E-state index in [-0.39, 0.29) is 12.5 Å². The summed E-state index contributed by atoms with van der Waals surface area (Å²) in [5, 5.41) is 12.2. The third-order valence-corrected chi connectivity index (χ3v) is 5.68. The zero-order chi connectivity index (χ0) is 16.1. The Balaban J connectivity index is 1.91. The van der Waals surface area contributed by atoms with E-state index in [1.165, 1.54) is 16.9 Å². The van der Waals surface area contributed by atoms with Crippen LogP contribution in [0.1, 0.15) is 60.1 Å². The van der Waals surface area contributed by atoms with Gasteiger partial charge in [0.1, 0.15) is 0 Å². The van der Waals surface area contributed by atoms with Crippen LogP contribution in [0.25, 0.3) is 0 Å². The molecule has 0 aliphatic heterocycles. The number of nitrogens with one attached hydrogen (secondary N) is 1. The lowest BCUT2D eigenvalue weighted by Gasteiger charge is -2.18. The molecule has 2 rings (SSSR count). The Morgan fingerprint density at radius 3 is 2.95 bits per heavy atom. The maximum Gasteiger partial charge on any atom is 0.261 e. The molecule has 2 atom stereocenters. The molecule has 124 valence electrons. The Morgan fingerprint density at radius 1 is 1.50 bits per heavy atom. The van der Waals surface area contributed by atoms with Crippen LogP contribution in [-0.4, -0.2) is 24.2 Å². The van der Waals surface area contributed by atoms with Gasteiger partial charge in [0.2, 0.25) is 0 Å². The van der Waals surface area contributed by atoms with Crippen molar-refractivity contribution in [1.82, 2.24) is 5.32 Å². The molecule has 1 aliphatic carbocycles. The van der Waals surface area contributed by atoms with E-state index < -0.39 is 0 Å². The Labute approximate surface area is 138 Å². The minimum Gasteiger partial charge on any atom is -0.396 e. The van der Waals surface area contributed by atoms with Gasteiger partial charge in [-0.15, -0.1) is 11.3 Å². The van der Waals surface area contributed by atoms with Crippen LogP contribution in [0.4, 0.5) is 0 Å². The molecule has 0 saturated carbocycles.